The predicted octanol–water partition coefficient (Wildman–Crippen LogP) is 2.12. The van der Waals surface area contributed by atoms with Crippen molar-refractivity contribution in [2.24, 2.45) is 11.3 Å². The zero-order valence-corrected chi connectivity index (χ0v) is 12.3. The highest BCUT2D eigenvalue weighted by atomic mass is 32.2. The molecule has 0 bridgehead atoms. The zero-order chi connectivity index (χ0) is 14.1. The second-order valence-corrected chi connectivity index (χ2v) is 7.60. The van der Waals surface area contributed by atoms with Gasteiger partial charge in [-0.05, 0) is 35.8 Å². The quantitative estimate of drug-likeness (QED) is 0.785. The molecule has 0 amide bonds. The molecule has 0 spiro atoms. The van der Waals surface area contributed by atoms with Crippen LogP contribution in [0.5, 0.6) is 0 Å². The zero-order valence-electron chi connectivity index (χ0n) is 11.5. The molecule has 1 aromatic carbocycles. The van der Waals surface area contributed by atoms with E-state index in [1.807, 2.05) is 0 Å². The van der Waals surface area contributed by atoms with Crippen LogP contribution in [0.4, 0.5) is 5.69 Å². The lowest BCUT2D eigenvalue weighted by molar-refractivity contribution is 0.357. The van der Waals surface area contributed by atoms with Crippen molar-refractivity contribution in [2.45, 2.75) is 32.4 Å². The van der Waals surface area contributed by atoms with Crippen LogP contribution in [-0.2, 0) is 15.8 Å². The van der Waals surface area contributed by atoms with Gasteiger partial charge >= 0.3 is 0 Å². The van der Waals surface area contributed by atoms with Crippen molar-refractivity contribution in [3.8, 4) is 0 Å². The van der Waals surface area contributed by atoms with Gasteiger partial charge in [0.2, 0.25) is 10.0 Å². The Hall–Kier alpha value is -1.07. The Morgan fingerprint density at radius 2 is 1.95 bits per heavy atom. The number of nitrogens with two attached hydrogens (primary N) is 1. The average Bonchev–Trinajstić information content (AvgIpc) is 3.11. The smallest absolute Gasteiger partial charge is 0.215 e. The van der Waals surface area contributed by atoms with Crippen LogP contribution in [0.3, 0.4) is 0 Å². The van der Waals surface area contributed by atoms with E-state index in [1.165, 1.54) is 0 Å². The van der Waals surface area contributed by atoms with E-state index in [0.29, 0.717) is 23.7 Å². The van der Waals surface area contributed by atoms with E-state index in [0.717, 1.165) is 12.8 Å². The highest BCUT2D eigenvalue weighted by Crippen LogP contribution is 2.51. The van der Waals surface area contributed by atoms with Crippen LogP contribution in [-0.4, -0.2) is 15.0 Å². The Kier molecular flexibility index (Phi) is 3.87. The molecular weight excluding hydrogens is 260 g/mol. The third-order valence-corrected chi connectivity index (χ3v) is 5.44. The lowest BCUT2D eigenvalue weighted by Crippen LogP contribution is -2.33. The number of nitrogen functional groups attached to an aromatic ring is 1. The maximum absolute atomic E-state index is 12.1. The molecule has 0 atom stereocenters. The molecule has 1 aliphatic rings. The largest absolute Gasteiger partial charge is 0.398 e. The minimum atomic E-state index is -3.31. The molecule has 1 aliphatic carbocycles. The number of sulfonamides is 1. The Morgan fingerprint density at radius 3 is 2.47 bits per heavy atom. The van der Waals surface area contributed by atoms with E-state index >= 15 is 0 Å². The lowest BCUT2D eigenvalue weighted by Gasteiger charge is -2.20. The first kappa shape index (κ1) is 14.3. The van der Waals surface area contributed by atoms with Crippen LogP contribution >= 0.6 is 0 Å². The highest BCUT2D eigenvalue weighted by Gasteiger charge is 2.45. The van der Waals surface area contributed by atoms with Crippen LogP contribution in [0.25, 0.3) is 0 Å². The fourth-order valence-corrected chi connectivity index (χ4v) is 3.58. The number of para-hydroxylation sites is 1. The molecule has 0 heterocycles. The normalized spacial score (nSPS) is 17.6. The first-order valence-electron chi connectivity index (χ1n) is 6.65. The van der Waals surface area contributed by atoms with E-state index in [-0.39, 0.29) is 11.2 Å². The van der Waals surface area contributed by atoms with Gasteiger partial charge in [-0.3, -0.25) is 0 Å². The summed E-state index contributed by atoms with van der Waals surface area (Å²) in [6, 6.07) is 7.08. The number of nitrogens with one attached hydrogen (secondary N) is 1. The number of hydrogen-bond acceptors (Lipinski definition) is 3. The summed E-state index contributed by atoms with van der Waals surface area (Å²) in [7, 11) is -3.31. The molecule has 1 fully saturated rings. The van der Waals surface area contributed by atoms with Crippen LogP contribution in [0.2, 0.25) is 0 Å². The molecule has 2 rings (SSSR count). The molecule has 0 unspecified atom stereocenters. The summed E-state index contributed by atoms with van der Waals surface area (Å²) in [5, 5.41) is 0. The van der Waals surface area contributed by atoms with Crippen LogP contribution in [0.15, 0.2) is 24.3 Å². The van der Waals surface area contributed by atoms with Gasteiger partial charge in [0.05, 0.1) is 5.75 Å². The summed E-state index contributed by atoms with van der Waals surface area (Å²) >= 11 is 0. The third-order valence-electron chi connectivity index (χ3n) is 4.16. The van der Waals surface area contributed by atoms with Gasteiger partial charge in [-0.2, -0.15) is 0 Å². The molecule has 0 aromatic heterocycles. The first-order chi connectivity index (χ1) is 8.85. The Labute approximate surface area is 115 Å². The molecule has 0 aliphatic heterocycles. The predicted molar refractivity (Wildman–Crippen MR) is 78.0 cm³/mol. The van der Waals surface area contributed by atoms with E-state index in [9.17, 15) is 8.42 Å². The van der Waals surface area contributed by atoms with Gasteiger partial charge in [-0.1, -0.05) is 32.0 Å². The van der Waals surface area contributed by atoms with Gasteiger partial charge in [-0.15, -0.1) is 0 Å². The van der Waals surface area contributed by atoms with Crippen molar-refractivity contribution in [3.05, 3.63) is 29.8 Å². The third kappa shape index (κ3) is 3.48. The van der Waals surface area contributed by atoms with Crippen molar-refractivity contribution >= 4 is 15.7 Å². The van der Waals surface area contributed by atoms with Crippen molar-refractivity contribution in [1.29, 1.82) is 0 Å². The minimum absolute atomic E-state index is 0.0478. The Bertz CT molecular complexity index is 548. The van der Waals surface area contributed by atoms with Gasteiger partial charge in [0, 0.05) is 12.2 Å². The maximum atomic E-state index is 12.1. The second-order valence-electron chi connectivity index (χ2n) is 5.80. The van der Waals surface area contributed by atoms with Crippen molar-refractivity contribution in [2.75, 3.05) is 12.3 Å². The van der Waals surface area contributed by atoms with Crippen LogP contribution in [0.1, 0.15) is 32.3 Å². The molecule has 1 aromatic rings. The summed E-state index contributed by atoms with van der Waals surface area (Å²) in [6.45, 7) is 4.84. The molecule has 0 saturated heterocycles. The van der Waals surface area contributed by atoms with Gasteiger partial charge < -0.3 is 5.73 Å². The molecule has 3 N–H and O–H groups in total. The van der Waals surface area contributed by atoms with Gasteiger partial charge in [-0.25, -0.2) is 13.1 Å². The minimum Gasteiger partial charge on any atom is -0.398 e. The number of anilines is 1. The Balaban J connectivity index is 1.98. The molecule has 19 heavy (non-hydrogen) atoms. The number of rotatable bonds is 6. The first-order valence-corrected chi connectivity index (χ1v) is 8.31. The summed E-state index contributed by atoms with van der Waals surface area (Å²) in [5.41, 5.74) is 7.14. The van der Waals surface area contributed by atoms with Crippen LogP contribution in [0, 0.1) is 11.3 Å². The molecule has 106 valence electrons. The topological polar surface area (TPSA) is 72.2 Å². The molecule has 1 saturated carbocycles. The van der Waals surface area contributed by atoms with E-state index < -0.39 is 10.0 Å². The van der Waals surface area contributed by atoms with E-state index in [4.69, 9.17) is 5.73 Å². The number of benzene rings is 1. The highest BCUT2D eigenvalue weighted by molar-refractivity contribution is 7.88. The summed E-state index contributed by atoms with van der Waals surface area (Å²) in [6.07, 6.45) is 2.22. The van der Waals surface area contributed by atoms with E-state index in [2.05, 4.69) is 18.6 Å². The molecule has 5 heteroatoms. The maximum Gasteiger partial charge on any atom is 0.215 e. The van der Waals surface area contributed by atoms with Gasteiger partial charge in [0.15, 0.2) is 0 Å². The lowest BCUT2D eigenvalue weighted by atomic mass is 9.93. The summed E-state index contributed by atoms with van der Waals surface area (Å²) < 4.78 is 26.9. The van der Waals surface area contributed by atoms with Crippen molar-refractivity contribution < 1.29 is 8.42 Å². The molecular formula is C14H22N2O2S. The monoisotopic (exact) mass is 282 g/mol. The SMILES string of the molecule is CC(C)C1(CNS(=O)(=O)Cc2ccccc2N)CC1. The number of hydrogen-bond donors (Lipinski definition) is 2. The molecule has 4 nitrogen and oxygen atoms in total. The van der Waals surface area contributed by atoms with Crippen molar-refractivity contribution in [3.63, 3.8) is 0 Å². The summed E-state index contributed by atoms with van der Waals surface area (Å²) in [4.78, 5) is 0. The molecule has 0 radical (unpaired) electrons. The fourth-order valence-electron chi connectivity index (χ4n) is 2.29. The fraction of sp³-hybridized carbons (Fsp3) is 0.571. The standard InChI is InChI=1S/C14H22N2O2S/c1-11(2)14(7-8-14)10-16-19(17,18)9-12-5-3-4-6-13(12)15/h3-6,11,16H,7-10,15H2,1-2H3. The van der Waals surface area contributed by atoms with Crippen molar-refractivity contribution in [1.82, 2.24) is 4.72 Å². The van der Waals surface area contributed by atoms with Gasteiger partial charge in [0.25, 0.3) is 0 Å². The Morgan fingerprint density at radius 1 is 1.32 bits per heavy atom. The average molecular weight is 282 g/mol. The van der Waals surface area contributed by atoms with Gasteiger partial charge in [0.1, 0.15) is 0 Å². The summed E-state index contributed by atoms with van der Waals surface area (Å²) in [5.74, 6) is 0.463. The van der Waals surface area contributed by atoms with Crippen LogP contribution < -0.4 is 10.5 Å². The second kappa shape index (κ2) is 5.13. The van der Waals surface area contributed by atoms with E-state index in [1.54, 1.807) is 24.3 Å².